The highest BCUT2D eigenvalue weighted by Crippen LogP contribution is 2.21. The van der Waals surface area contributed by atoms with Crippen molar-refractivity contribution in [2.45, 2.75) is 19.8 Å². The third-order valence-corrected chi connectivity index (χ3v) is 3.43. The van der Waals surface area contributed by atoms with E-state index in [1.807, 2.05) is 0 Å². The minimum atomic E-state index is -0.288. The Bertz CT molecular complexity index is 339. The highest BCUT2D eigenvalue weighted by molar-refractivity contribution is 7.13. The Morgan fingerprint density at radius 3 is 3.13 bits per heavy atom. The van der Waals surface area contributed by atoms with Crippen molar-refractivity contribution < 1.29 is 9.53 Å². The summed E-state index contributed by atoms with van der Waals surface area (Å²) in [5.41, 5.74) is 1.06. The summed E-state index contributed by atoms with van der Waals surface area (Å²) in [6, 6.07) is 0. The molecule has 0 saturated carbocycles. The van der Waals surface area contributed by atoms with Gasteiger partial charge in [-0.3, -0.25) is 0 Å². The highest BCUT2D eigenvalue weighted by Gasteiger charge is 2.18. The molecule has 0 aromatic carbocycles. The number of nitrogens with one attached hydrogen (secondary N) is 1. The predicted octanol–water partition coefficient (Wildman–Crippen LogP) is 1.01. The van der Waals surface area contributed by atoms with E-state index in [2.05, 4.69) is 10.3 Å². The van der Waals surface area contributed by atoms with Gasteiger partial charge in [-0.15, -0.1) is 11.3 Å². The molecule has 1 aromatic rings. The zero-order valence-electron chi connectivity index (χ0n) is 8.71. The number of hydrogen-bond acceptors (Lipinski definition) is 5. The van der Waals surface area contributed by atoms with E-state index >= 15 is 0 Å². The molecule has 0 amide bonds. The van der Waals surface area contributed by atoms with Gasteiger partial charge < -0.3 is 10.1 Å². The van der Waals surface area contributed by atoms with Crippen molar-refractivity contribution in [1.82, 2.24) is 10.3 Å². The summed E-state index contributed by atoms with van der Waals surface area (Å²) in [5.74, 6) is -0.288. The Morgan fingerprint density at radius 1 is 1.53 bits per heavy atom. The van der Waals surface area contributed by atoms with Crippen molar-refractivity contribution in [3.63, 3.8) is 0 Å². The lowest BCUT2D eigenvalue weighted by Gasteiger charge is -1.97. The fourth-order valence-electron chi connectivity index (χ4n) is 1.59. The van der Waals surface area contributed by atoms with Crippen molar-refractivity contribution in [2.24, 2.45) is 0 Å². The van der Waals surface area contributed by atoms with Crippen LogP contribution in [0.1, 0.15) is 27.3 Å². The van der Waals surface area contributed by atoms with Crippen LogP contribution in [0.15, 0.2) is 0 Å². The SMILES string of the molecule is CCOC(=O)c1nc2c(s1)CCNCC2. The molecule has 0 saturated heterocycles. The molecule has 0 fully saturated rings. The highest BCUT2D eigenvalue weighted by atomic mass is 32.1. The maximum absolute atomic E-state index is 11.5. The second kappa shape index (κ2) is 4.72. The van der Waals surface area contributed by atoms with Gasteiger partial charge in [0, 0.05) is 24.4 Å². The maximum Gasteiger partial charge on any atom is 0.367 e. The average molecular weight is 226 g/mol. The van der Waals surface area contributed by atoms with Gasteiger partial charge in [-0.2, -0.15) is 0 Å². The number of hydrogen-bond donors (Lipinski definition) is 1. The molecule has 1 aromatic heterocycles. The lowest BCUT2D eigenvalue weighted by Crippen LogP contribution is -2.16. The molecule has 0 aliphatic carbocycles. The largest absolute Gasteiger partial charge is 0.461 e. The summed E-state index contributed by atoms with van der Waals surface area (Å²) in [4.78, 5) is 17.0. The van der Waals surface area contributed by atoms with Gasteiger partial charge in [-0.1, -0.05) is 0 Å². The van der Waals surface area contributed by atoms with Crippen molar-refractivity contribution in [1.29, 1.82) is 0 Å². The number of ether oxygens (including phenoxy) is 1. The second-order valence-corrected chi connectivity index (χ2v) is 4.44. The first-order chi connectivity index (χ1) is 7.31. The number of fused-ring (bicyclic) bond motifs is 1. The smallest absolute Gasteiger partial charge is 0.367 e. The van der Waals surface area contributed by atoms with Crippen molar-refractivity contribution in [3.8, 4) is 0 Å². The van der Waals surface area contributed by atoms with Crippen LogP contribution in [0.2, 0.25) is 0 Å². The number of nitrogens with zero attached hydrogens (tertiary/aromatic N) is 1. The molecule has 0 unspecified atom stereocenters. The predicted molar refractivity (Wildman–Crippen MR) is 58.3 cm³/mol. The number of esters is 1. The minimum Gasteiger partial charge on any atom is -0.461 e. The van der Waals surface area contributed by atoms with Crippen LogP contribution in [0.25, 0.3) is 0 Å². The van der Waals surface area contributed by atoms with Crippen molar-refractivity contribution in [3.05, 3.63) is 15.6 Å². The third kappa shape index (κ3) is 2.35. The summed E-state index contributed by atoms with van der Waals surface area (Å²) < 4.78 is 4.93. The number of carbonyl (C=O) groups is 1. The van der Waals surface area contributed by atoms with Crippen LogP contribution in [0.4, 0.5) is 0 Å². The molecule has 2 rings (SSSR count). The number of carbonyl (C=O) groups excluding carboxylic acids is 1. The van der Waals surface area contributed by atoms with Gasteiger partial charge >= 0.3 is 5.97 Å². The van der Waals surface area contributed by atoms with Gasteiger partial charge in [0.05, 0.1) is 12.3 Å². The molecular weight excluding hydrogens is 212 g/mol. The van der Waals surface area contributed by atoms with Gasteiger partial charge in [-0.25, -0.2) is 9.78 Å². The Morgan fingerprint density at radius 2 is 2.33 bits per heavy atom. The molecule has 82 valence electrons. The molecule has 4 nitrogen and oxygen atoms in total. The van der Waals surface area contributed by atoms with Gasteiger partial charge in [0.15, 0.2) is 0 Å². The zero-order chi connectivity index (χ0) is 10.7. The van der Waals surface area contributed by atoms with E-state index in [9.17, 15) is 4.79 Å². The summed E-state index contributed by atoms with van der Waals surface area (Å²) in [6.07, 6.45) is 1.87. The van der Waals surface area contributed by atoms with E-state index in [1.54, 1.807) is 6.92 Å². The molecule has 1 aliphatic heterocycles. The monoisotopic (exact) mass is 226 g/mol. The van der Waals surface area contributed by atoms with E-state index < -0.39 is 0 Å². The van der Waals surface area contributed by atoms with E-state index in [-0.39, 0.29) is 5.97 Å². The van der Waals surface area contributed by atoms with Crippen molar-refractivity contribution in [2.75, 3.05) is 19.7 Å². The molecule has 15 heavy (non-hydrogen) atoms. The first-order valence-corrected chi connectivity index (χ1v) is 5.99. The number of aromatic nitrogens is 1. The standard InChI is InChI=1S/C10H14N2O2S/c1-2-14-10(13)9-12-7-3-5-11-6-4-8(7)15-9/h11H,2-6H2,1H3. The summed E-state index contributed by atoms with van der Waals surface area (Å²) >= 11 is 1.47. The van der Waals surface area contributed by atoms with Gasteiger partial charge in [-0.05, 0) is 13.3 Å². The number of thiazole rings is 1. The van der Waals surface area contributed by atoms with Crippen LogP contribution in [-0.2, 0) is 17.6 Å². The maximum atomic E-state index is 11.5. The van der Waals surface area contributed by atoms with E-state index in [4.69, 9.17) is 4.74 Å². The molecule has 0 bridgehead atoms. The van der Waals surface area contributed by atoms with E-state index in [0.29, 0.717) is 11.6 Å². The quantitative estimate of drug-likeness (QED) is 0.765. The average Bonchev–Trinajstić information content (AvgIpc) is 2.51. The molecule has 1 N–H and O–H groups in total. The topological polar surface area (TPSA) is 51.2 Å². The van der Waals surface area contributed by atoms with E-state index in [0.717, 1.165) is 31.6 Å². The van der Waals surface area contributed by atoms with Crippen LogP contribution < -0.4 is 5.32 Å². The summed E-state index contributed by atoms with van der Waals surface area (Å²) in [6.45, 7) is 4.13. The van der Waals surface area contributed by atoms with Gasteiger partial charge in [0.25, 0.3) is 0 Å². The van der Waals surface area contributed by atoms with Crippen LogP contribution in [0.5, 0.6) is 0 Å². The lowest BCUT2D eigenvalue weighted by molar-refractivity contribution is 0.0525. The van der Waals surface area contributed by atoms with E-state index in [1.165, 1.54) is 16.2 Å². The first kappa shape index (κ1) is 10.6. The minimum absolute atomic E-state index is 0.288. The zero-order valence-corrected chi connectivity index (χ0v) is 9.52. The summed E-state index contributed by atoms with van der Waals surface area (Å²) in [7, 11) is 0. The van der Waals surface area contributed by atoms with Crippen LogP contribution in [0.3, 0.4) is 0 Å². The number of rotatable bonds is 2. The van der Waals surface area contributed by atoms with Gasteiger partial charge in [0.1, 0.15) is 0 Å². The first-order valence-electron chi connectivity index (χ1n) is 5.17. The molecule has 2 heterocycles. The Balaban J connectivity index is 2.18. The van der Waals surface area contributed by atoms with Gasteiger partial charge in [0.2, 0.25) is 5.01 Å². The second-order valence-electron chi connectivity index (χ2n) is 3.36. The molecular formula is C10H14N2O2S. The Labute approximate surface area is 92.7 Å². The van der Waals surface area contributed by atoms with Crippen molar-refractivity contribution >= 4 is 17.3 Å². The molecule has 1 aliphatic rings. The molecule has 0 radical (unpaired) electrons. The molecule has 0 atom stereocenters. The molecule has 5 heteroatoms. The van der Waals surface area contributed by atoms with Crippen LogP contribution >= 0.6 is 11.3 Å². The fraction of sp³-hybridized carbons (Fsp3) is 0.600. The lowest BCUT2D eigenvalue weighted by atomic mass is 10.2. The normalized spacial score (nSPS) is 15.5. The van der Waals surface area contributed by atoms with Crippen LogP contribution in [0, 0.1) is 0 Å². The Hall–Kier alpha value is -0.940. The third-order valence-electron chi connectivity index (χ3n) is 2.30. The summed E-state index contributed by atoms with van der Waals surface area (Å²) in [5, 5.41) is 3.81. The van der Waals surface area contributed by atoms with Crippen LogP contribution in [-0.4, -0.2) is 30.6 Å². The fourth-order valence-corrected chi connectivity index (χ4v) is 2.59. The Kier molecular flexibility index (Phi) is 3.33. The molecule has 0 spiro atoms.